The van der Waals surface area contributed by atoms with Crippen molar-refractivity contribution < 1.29 is 14.3 Å². The highest BCUT2D eigenvalue weighted by Crippen LogP contribution is 2.24. The molecule has 0 aliphatic rings. The van der Waals surface area contributed by atoms with E-state index in [1.54, 1.807) is 12.1 Å². The molecule has 2 rings (SSSR count). The van der Waals surface area contributed by atoms with Crippen LogP contribution in [0.2, 0.25) is 0 Å². The second-order valence-electron chi connectivity index (χ2n) is 3.73. The van der Waals surface area contributed by atoms with Crippen LogP contribution in [0.15, 0.2) is 46.0 Å². The van der Waals surface area contributed by atoms with Gasteiger partial charge in [0, 0.05) is 11.9 Å². The van der Waals surface area contributed by atoms with E-state index in [1.165, 1.54) is 36.2 Å². The van der Waals surface area contributed by atoms with E-state index in [0.717, 1.165) is 5.56 Å². The van der Waals surface area contributed by atoms with Crippen LogP contribution in [0.4, 0.5) is 4.39 Å². The van der Waals surface area contributed by atoms with Gasteiger partial charge in [0.1, 0.15) is 5.82 Å². The molecular formula is C13H9BrFNO2S. The van der Waals surface area contributed by atoms with Crippen molar-refractivity contribution in [1.29, 1.82) is 0 Å². The van der Waals surface area contributed by atoms with Gasteiger partial charge in [0.15, 0.2) is 0 Å². The topological polar surface area (TPSA) is 50.2 Å². The summed E-state index contributed by atoms with van der Waals surface area (Å²) in [5.74, 6) is -0.692. The first-order chi connectivity index (χ1) is 9.06. The number of carbonyl (C=O) groups is 1. The second-order valence-corrected chi connectivity index (χ2v) is 5.58. The number of benzene rings is 1. The monoisotopic (exact) mass is 341 g/mol. The van der Waals surface area contributed by atoms with E-state index >= 15 is 0 Å². The van der Waals surface area contributed by atoms with Gasteiger partial charge in [-0.1, -0.05) is 6.07 Å². The molecule has 1 heterocycles. The van der Waals surface area contributed by atoms with Crippen LogP contribution in [-0.2, 0) is 5.75 Å². The molecule has 1 aromatic heterocycles. The minimum absolute atomic E-state index is 0.206. The van der Waals surface area contributed by atoms with Gasteiger partial charge in [0.2, 0.25) is 0 Å². The van der Waals surface area contributed by atoms with Crippen molar-refractivity contribution in [2.24, 2.45) is 0 Å². The molecule has 0 spiro atoms. The maximum absolute atomic E-state index is 13.1. The predicted octanol–water partition coefficient (Wildman–Crippen LogP) is 3.97. The first kappa shape index (κ1) is 14.0. The molecule has 6 heteroatoms. The summed E-state index contributed by atoms with van der Waals surface area (Å²) in [7, 11) is 0. The SMILES string of the molecule is O=C(O)c1ccnc(SCc2ccc(F)c(Br)c2)c1. The van der Waals surface area contributed by atoms with Crippen molar-refractivity contribution in [1.82, 2.24) is 4.98 Å². The van der Waals surface area contributed by atoms with Crippen molar-refractivity contribution in [3.63, 3.8) is 0 Å². The second kappa shape index (κ2) is 6.16. The van der Waals surface area contributed by atoms with Crippen molar-refractivity contribution in [2.45, 2.75) is 10.8 Å². The number of rotatable bonds is 4. The number of halogens is 2. The largest absolute Gasteiger partial charge is 0.478 e. The number of hydrogen-bond donors (Lipinski definition) is 1. The number of aromatic nitrogens is 1. The number of nitrogens with zero attached hydrogens (tertiary/aromatic N) is 1. The molecule has 0 saturated carbocycles. The zero-order valence-corrected chi connectivity index (χ0v) is 12.0. The summed E-state index contributed by atoms with van der Waals surface area (Å²) in [5.41, 5.74) is 1.14. The summed E-state index contributed by atoms with van der Waals surface area (Å²) >= 11 is 4.53. The molecule has 19 heavy (non-hydrogen) atoms. The Morgan fingerprint density at radius 1 is 1.37 bits per heavy atom. The predicted molar refractivity (Wildman–Crippen MR) is 74.9 cm³/mol. The summed E-state index contributed by atoms with van der Waals surface area (Å²) < 4.78 is 13.5. The molecule has 1 N–H and O–H groups in total. The van der Waals surface area contributed by atoms with Crippen LogP contribution in [0.1, 0.15) is 15.9 Å². The third-order valence-corrected chi connectivity index (χ3v) is 3.96. The van der Waals surface area contributed by atoms with Crippen LogP contribution < -0.4 is 0 Å². The Bertz CT molecular complexity index is 621. The molecule has 1 aromatic carbocycles. The molecule has 0 saturated heterocycles. The third kappa shape index (κ3) is 3.78. The van der Waals surface area contributed by atoms with Crippen molar-refractivity contribution in [2.75, 3.05) is 0 Å². The lowest BCUT2D eigenvalue weighted by Gasteiger charge is -2.03. The van der Waals surface area contributed by atoms with Gasteiger partial charge < -0.3 is 5.11 Å². The highest BCUT2D eigenvalue weighted by molar-refractivity contribution is 9.10. The van der Waals surface area contributed by atoms with Crippen molar-refractivity contribution >= 4 is 33.7 Å². The molecule has 3 nitrogen and oxygen atoms in total. The number of hydrogen-bond acceptors (Lipinski definition) is 3. The highest BCUT2D eigenvalue weighted by atomic mass is 79.9. The molecule has 0 radical (unpaired) electrons. The Morgan fingerprint density at radius 2 is 2.16 bits per heavy atom. The van der Waals surface area contributed by atoms with Crippen LogP contribution in [0.3, 0.4) is 0 Å². The van der Waals surface area contributed by atoms with Crippen LogP contribution in [0, 0.1) is 5.82 Å². The van der Waals surface area contributed by atoms with Crippen LogP contribution >= 0.6 is 27.7 Å². The number of carboxylic acids is 1. The van der Waals surface area contributed by atoms with Gasteiger partial charge in [-0.15, -0.1) is 11.8 Å². The number of aromatic carboxylic acids is 1. The first-order valence-corrected chi connectivity index (χ1v) is 7.10. The van der Waals surface area contributed by atoms with E-state index in [4.69, 9.17) is 5.11 Å². The molecule has 0 aliphatic carbocycles. The Morgan fingerprint density at radius 3 is 2.84 bits per heavy atom. The molecule has 98 valence electrons. The molecule has 0 unspecified atom stereocenters. The summed E-state index contributed by atoms with van der Waals surface area (Å²) in [6, 6.07) is 7.74. The normalized spacial score (nSPS) is 10.4. The highest BCUT2D eigenvalue weighted by Gasteiger charge is 2.06. The fraction of sp³-hybridized carbons (Fsp3) is 0.0769. The molecule has 2 aromatic rings. The minimum atomic E-state index is -0.978. The maximum Gasteiger partial charge on any atom is 0.335 e. The van der Waals surface area contributed by atoms with Crippen molar-refractivity contribution in [3.05, 3.63) is 57.9 Å². The number of carboxylic acid groups (broad SMARTS) is 1. The molecule has 0 bridgehead atoms. The first-order valence-electron chi connectivity index (χ1n) is 5.32. The number of thioether (sulfide) groups is 1. The van der Waals surface area contributed by atoms with Gasteiger partial charge in [-0.3, -0.25) is 0 Å². The summed E-state index contributed by atoms with van der Waals surface area (Å²) in [5, 5.41) is 9.50. The van der Waals surface area contributed by atoms with E-state index in [2.05, 4.69) is 20.9 Å². The minimum Gasteiger partial charge on any atom is -0.478 e. The molecule has 0 fully saturated rings. The fourth-order valence-corrected chi connectivity index (χ4v) is 2.67. The van der Waals surface area contributed by atoms with Crippen LogP contribution in [0.25, 0.3) is 0 Å². The van der Waals surface area contributed by atoms with Gasteiger partial charge in [-0.25, -0.2) is 14.2 Å². The summed E-state index contributed by atoms with van der Waals surface area (Å²) in [6.45, 7) is 0. The Hall–Kier alpha value is -1.40. The summed E-state index contributed by atoms with van der Waals surface area (Å²) in [6.07, 6.45) is 1.46. The van der Waals surface area contributed by atoms with Gasteiger partial charge in [-0.05, 0) is 45.8 Å². The fourth-order valence-electron chi connectivity index (χ4n) is 1.41. The average molecular weight is 342 g/mol. The van der Waals surface area contributed by atoms with Gasteiger partial charge in [0.05, 0.1) is 15.1 Å². The molecule has 0 atom stereocenters. The van der Waals surface area contributed by atoms with Crippen molar-refractivity contribution in [3.8, 4) is 0 Å². The average Bonchev–Trinajstić information content (AvgIpc) is 2.40. The Kier molecular flexibility index (Phi) is 4.55. The van der Waals surface area contributed by atoms with E-state index in [-0.39, 0.29) is 11.4 Å². The molecule has 0 amide bonds. The van der Waals surface area contributed by atoms with Crippen LogP contribution in [0.5, 0.6) is 0 Å². The maximum atomic E-state index is 13.1. The van der Waals surface area contributed by atoms with Gasteiger partial charge in [0.25, 0.3) is 0 Å². The molecular weight excluding hydrogens is 333 g/mol. The lowest BCUT2D eigenvalue weighted by Crippen LogP contribution is -1.96. The smallest absolute Gasteiger partial charge is 0.335 e. The van der Waals surface area contributed by atoms with Gasteiger partial charge >= 0.3 is 5.97 Å². The zero-order chi connectivity index (χ0) is 13.8. The number of pyridine rings is 1. The lowest BCUT2D eigenvalue weighted by atomic mass is 10.2. The quantitative estimate of drug-likeness (QED) is 0.854. The third-order valence-electron chi connectivity index (χ3n) is 2.35. The van der Waals surface area contributed by atoms with E-state index in [1.807, 2.05) is 0 Å². The lowest BCUT2D eigenvalue weighted by molar-refractivity contribution is 0.0696. The van der Waals surface area contributed by atoms with Crippen LogP contribution in [-0.4, -0.2) is 16.1 Å². The van der Waals surface area contributed by atoms with E-state index in [0.29, 0.717) is 15.3 Å². The standard InChI is InChI=1S/C13H9BrFNO2S/c14-10-5-8(1-2-11(10)15)7-19-12-6-9(13(17)18)3-4-16-12/h1-6H,7H2,(H,17,18). The van der Waals surface area contributed by atoms with E-state index in [9.17, 15) is 9.18 Å². The Balaban J connectivity index is 2.07. The zero-order valence-electron chi connectivity index (χ0n) is 9.64. The van der Waals surface area contributed by atoms with E-state index < -0.39 is 5.97 Å². The molecule has 0 aliphatic heterocycles. The Labute approximate surface area is 122 Å². The summed E-state index contributed by atoms with van der Waals surface area (Å²) in [4.78, 5) is 14.9. The van der Waals surface area contributed by atoms with Gasteiger partial charge in [-0.2, -0.15) is 0 Å².